The number of hydrogen-bond acceptors (Lipinski definition) is 4. The molecule has 0 aliphatic carbocycles. The summed E-state index contributed by atoms with van der Waals surface area (Å²) in [5, 5.41) is 23.2. The molecular formula is C15H17N3O3. The van der Waals surface area contributed by atoms with Crippen molar-refractivity contribution < 1.29 is 14.7 Å². The molecule has 0 atom stereocenters. The molecule has 6 nitrogen and oxygen atoms in total. The highest BCUT2D eigenvalue weighted by atomic mass is 16.4. The molecule has 0 aliphatic heterocycles. The highest BCUT2D eigenvalue weighted by Crippen LogP contribution is 2.11. The van der Waals surface area contributed by atoms with Crippen LogP contribution in [0.25, 0.3) is 0 Å². The van der Waals surface area contributed by atoms with Gasteiger partial charge in [-0.25, -0.2) is 4.79 Å². The molecule has 110 valence electrons. The highest BCUT2D eigenvalue weighted by molar-refractivity contribution is 6.06. The van der Waals surface area contributed by atoms with Gasteiger partial charge in [-0.15, -0.1) is 0 Å². The molecule has 0 heterocycles. The maximum atomic E-state index is 11.9. The minimum absolute atomic E-state index is 0.0632. The van der Waals surface area contributed by atoms with E-state index in [1.165, 1.54) is 24.4 Å². The zero-order valence-electron chi connectivity index (χ0n) is 11.9. The number of aromatic carboxylic acids is 1. The molecule has 0 unspecified atom stereocenters. The van der Waals surface area contributed by atoms with E-state index in [2.05, 4.69) is 10.6 Å². The lowest BCUT2D eigenvalue weighted by atomic mass is 10.2. The second-order valence-electron chi connectivity index (χ2n) is 4.81. The Bertz CT molecular complexity index is 600. The molecule has 0 radical (unpaired) electrons. The number of carboxylic acids is 1. The van der Waals surface area contributed by atoms with E-state index in [-0.39, 0.29) is 11.1 Å². The highest BCUT2D eigenvalue weighted by Gasteiger charge is 2.10. The number of nitriles is 1. The van der Waals surface area contributed by atoms with Gasteiger partial charge in [0.15, 0.2) is 0 Å². The monoisotopic (exact) mass is 287 g/mol. The maximum Gasteiger partial charge on any atom is 0.335 e. The molecule has 21 heavy (non-hydrogen) atoms. The average Bonchev–Trinajstić information content (AvgIpc) is 2.43. The van der Waals surface area contributed by atoms with Crippen LogP contribution in [0.1, 0.15) is 24.2 Å². The largest absolute Gasteiger partial charge is 0.478 e. The Kier molecular flexibility index (Phi) is 5.96. The van der Waals surface area contributed by atoms with Crippen LogP contribution < -0.4 is 10.6 Å². The van der Waals surface area contributed by atoms with E-state index in [4.69, 9.17) is 10.4 Å². The Morgan fingerprint density at radius 3 is 2.71 bits per heavy atom. The maximum absolute atomic E-state index is 11.9. The van der Waals surface area contributed by atoms with Gasteiger partial charge in [-0.1, -0.05) is 19.9 Å². The van der Waals surface area contributed by atoms with Crippen LogP contribution in [0.3, 0.4) is 0 Å². The zero-order valence-corrected chi connectivity index (χ0v) is 11.9. The van der Waals surface area contributed by atoms with E-state index in [0.29, 0.717) is 18.2 Å². The van der Waals surface area contributed by atoms with Gasteiger partial charge in [-0.05, 0) is 24.1 Å². The first-order valence-corrected chi connectivity index (χ1v) is 6.42. The molecule has 0 bridgehead atoms. The number of hydrogen-bond donors (Lipinski definition) is 3. The van der Waals surface area contributed by atoms with Crippen LogP contribution in [0.4, 0.5) is 5.69 Å². The Labute approximate surface area is 123 Å². The number of benzene rings is 1. The number of amides is 1. The normalized spacial score (nSPS) is 10.9. The predicted molar refractivity (Wildman–Crippen MR) is 78.6 cm³/mol. The number of nitrogens with zero attached hydrogens (tertiary/aromatic N) is 1. The van der Waals surface area contributed by atoms with E-state index >= 15 is 0 Å². The third kappa shape index (κ3) is 5.37. The van der Waals surface area contributed by atoms with Gasteiger partial charge in [-0.3, -0.25) is 4.79 Å². The first-order chi connectivity index (χ1) is 9.93. The van der Waals surface area contributed by atoms with E-state index in [1.807, 2.05) is 13.8 Å². The molecule has 1 aromatic carbocycles. The van der Waals surface area contributed by atoms with Crippen molar-refractivity contribution in [3.8, 4) is 6.07 Å². The fraction of sp³-hybridized carbons (Fsp3) is 0.267. The van der Waals surface area contributed by atoms with Crippen LogP contribution in [-0.4, -0.2) is 23.5 Å². The minimum Gasteiger partial charge on any atom is -0.478 e. The third-order valence-electron chi connectivity index (χ3n) is 2.50. The topological polar surface area (TPSA) is 102 Å². The van der Waals surface area contributed by atoms with Crippen molar-refractivity contribution in [1.29, 1.82) is 5.26 Å². The van der Waals surface area contributed by atoms with E-state index in [1.54, 1.807) is 12.1 Å². The first kappa shape index (κ1) is 16.2. The van der Waals surface area contributed by atoms with Crippen LogP contribution in [0.5, 0.6) is 0 Å². The Hall–Kier alpha value is -2.81. The Morgan fingerprint density at radius 1 is 1.43 bits per heavy atom. The fourth-order valence-electron chi connectivity index (χ4n) is 1.47. The summed E-state index contributed by atoms with van der Waals surface area (Å²) < 4.78 is 0. The predicted octanol–water partition coefficient (Wildman–Crippen LogP) is 1.98. The van der Waals surface area contributed by atoms with Crippen LogP contribution in [-0.2, 0) is 4.79 Å². The summed E-state index contributed by atoms with van der Waals surface area (Å²) in [4.78, 5) is 22.8. The molecule has 6 heteroatoms. The van der Waals surface area contributed by atoms with Crippen LogP contribution >= 0.6 is 0 Å². The van der Waals surface area contributed by atoms with Gasteiger partial charge >= 0.3 is 5.97 Å². The first-order valence-electron chi connectivity index (χ1n) is 6.42. The summed E-state index contributed by atoms with van der Waals surface area (Å²) in [6.07, 6.45) is 1.36. The van der Waals surface area contributed by atoms with Gasteiger partial charge in [0.05, 0.1) is 5.56 Å². The number of carbonyl (C=O) groups excluding carboxylic acids is 1. The summed E-state index contributed by atoms with van der Waals surface area (Å²) in [6, 6.07) is 7.63. The number of anilines is 1. The molecule has 1 aromatic rings. The second kappa shape index (κ2) is 7.70. The van der Waals surface area contributed by atoms with Gasteiger partial charge in [-0.2, -0.15) is 5.26 Å². The van der Waals surface area contributed by atoms with Gasteiger partial charge in [0.2, 0.25) is 0 Å². The molecule has 0 spiro atoms. The average molecular weight is 287 g/mol. The summed E-state index contributed by atoms with van der Waals surface area (Å²) in [5.74, 6) is -1.28. The van der Waals surface area contributed by atoms with Gasteiger partial charge in [0.1, 0.15) is 11.6 Å². The van der Waals surface area contributed by atoms with Gasteiger partial charge in [0.25, 0.3) is 5.91 Å². The quantitative estimate of drug-likeness (QED) is 0.548. The Morgan fingerprint density at radius 2 is 2.14 bits per heavy atom. The third-order valence-corrected chi connectivity index (χ3v) is 2.50. The summed E-state index contributed by atoms with van der Waals surface area (Å²) >= 11 is 0. The molecule has 3 N–H and O–H groups in total. The van der Waals surface area contributed by atoms with Crippen molar-refractivity contribution in [1.82, 2.24) is 5.32 Å². The molecule has 0 fully saturated rings. The molecule has 1 rings (SSSR count). The number of rotatable bonds is 6. The number of carboxylic acid groups (broad SMARTS) is 1. The summed E-state index contributed by atoms with van der Waals surface area (Å²) in [5.41, 5.74) is 0.314. The molecule has 0 saturated heterocycles. The van der Waals surface area contributed by atoms with Crippen LogP contribution in [0.2, 0.25) is 0 Å². The van der Waals surface area contributed by atoms with E-state index < -0.39 is 11.9 Å². The van der Waals surface area contributed by atoms with Gasteiger partial charge < -0.3 is 15.7 Å². The van der Waals surface area contributed by atoms with Crippen molar-refractivity contribution >= 4 is 17.6 Å². The van der Waals surface area contributed by atoms with E-state index in [0.717, 1.165) is 0 Å². The standard InChI is InChI=1S/C15H17N3O3/c1-10(2)8-17-9-12(7-16)14(19)18-13-5-3-4-11(6-13)15(20)21/h3-6,9-10,17H,8H2,1-2H3,(H,18,19)(H,20,21)/b12-9-. The smallest absolute Gasteiger partial charge is 0.335 e. The molecular weight excluding hydrogens is 270 g/mol. The SMILES string of the molecule is CC(C)CN/C=C(/C#N)C(=O)Nc1cccc(C(=O)O)c1. The number of carbonyl (C=O) groups is 2. The molecule has 0 aromatic heterocycles. The number of nitrogens with one attached hydrogen (secondary N) is 2. The van der Waals surface area contributed by atoms with Crippen LogP contribution in [0.15, 0.2) is 36.0 Å². The van der Waals surface area contributed by atoms with Crippen molar-refractivity contribution in [2.75, 3.05) is 11.9 Å². The van der Waals surface area contributed by atoms with E-state index in [9.17, 15) is 9.59 Å². The van der Waals surface area contributed by atoms with Crippen molar-refractivity contribution in [3.05, 3.63) is 41.6 Å². The lowest BCUT2D eigenvalue weighted by Crippen LogP contribution is -2.19. The Balaban J connectivity index is 2.77. The lowest BCUT2D eigenvalue weighted by molar-refractivity contribution is -0.112. The second-order valence-corrected chi connectivity index (χ2v) is 4.81. The van der Waals surface area contributed by atoms with Crippen molar-refractivity contribution in [2.24, 2.45) is 5.92 Å². The zero-order chi connectivity index (χ0) is 15.8. The fourth-order valence-corrected chi connectivity index (χ4v) is 1.47. The summed E-state index contributed by atoms with van der Waals surface area (Å²) in [7, 11) is 0. The van der Waals surface area contributed by atoms with Crippen molar-refractivity contribution in [2.45, 2.75) is 13.8 Å². The molecule has 0 aliphatic rings. The van der Waals surface area contributed by atoms with Crippen LogP contribution in [0, 0.1) is 17.2 Å². The molecule has 0 saturated carbocycles. The summed E-state index contributed by atoms with van der Waals surface area (Å²) in [6.45, 7) is 4.65. The molecule has 1 amide bonds. The minimum atomic E-state index is -1.08. The van der Waals surface area contributed by atoms with Gasteiger partial charge in [0, 0.05) is 18.4 Å². The lowest BCUT2D eigenvalue weighted by Gasteiger charge is -2.07. The van der Waals surface area contributed by atoms with Crippen molar-refractivity contribution in [3.63, 3.8) is 0 Å².